The third-order valence-electron chi connectivity index (χ3n) is 7.07. The van der Waals surface area contributed by atoms with Gasteiger partial charge in [-0.05, 0) is 43.7 Å². The van der Waals surface area contributed by atoms with Crippen molar-refractivity contribution in [1.29, 1.82) is 0 Å². The Labute approximate surface area is 221 Å². The van der Waals surface area contributed by atoms with Gasteiger partial charge in [0.1, 0.15) is 11.5 Å². The molecule has 198 valence electrons. The first-order valence-corrected chi connectivity index (χ1v) is 12.9. The number of hydrogen-bond donors (Lipinski definition) is 1. The highest BCUT2D eigenvalue weighted by Gasteiger charge is 2.46. The number of aliphatic hydroxyl groups is 1. The number of likely N-dealkylation sites (tertiary alicyclic amines) is 1. The quantitative estimate of drug-likeness (QED) is 0.279. The van der Waals surface area contributed by atoms with Crippen LogP contribution in [0.2, 0.25) is 0 Å². The summed E-state index contributed by atoms with van der Waals surface area (Å²) in [4.78, 5) is 30.5. The lowest BCUT2D eigenvalue weighted by Crippen LogP contribution is -2.42. The number of carbonyl (C=O) groups excluding carboxylic acids is 2. The van der Waals surface area contributed by atoms with Crippen molar-refractivity contribution >= 4 is 17.4 Å². The Morgan fingerprint density at radius 3 is 2.45 bits per heavy atom. The second kappa shape index (κ2) is 11.2. The van der Waals surface area contributed by atoms with Crippen LogP contribution in [0.4, 0.5) is 0 Å². The summed E-state index contributed by atoms with van der Waals surface area (Å²) in [6.07, 6.45) is 1.54. The number of benzene rings is 2. The van der Waals surface area contributed by atoms with E-state index in [1.165, 1.54) is 6.20 Å². The number of aliphatic hydroxyl groups excluding tert-OH is 1. The minimum absolute atomic E-state index is 0.0665. The van der Waals surface area contributed by atoms with E-state index >= 15 is 0 Å². The van der Waals surface area contributed by atoms with Crippen LogP contribution in [0, 0.1) is 6.92 Å². The van der Waals surface area contributed by atoms with E-state index in [9.17, 15) is 14.7 Å². The maximum Gasteiger partial charge on any atom is 0.295 e. The molecule has 2 aliphatic rings. The number of para-hydroxylation sites is 1. The number of morpholine rings is 1. The highest BCUT2D eigenvalue weighted by atomic mass is 16.5. The highest BCUT2D eigenvalue weighted by Crippen LogP contribution is 2.40. The molecule has 0 bridgehead atoms. The molecule has 1 amide bonds. The summed E-state index contributed by atoms with van der Waals surface area (Å²) >= 11 is 0. The summed E-state index contributed by atoms with van der Waals surface area (Å²) in [6.45, 7) is 8.06. The number of amides is 1. The number of nitrogens with zero attached hydrogens (tertiary/aromatic N) is 4. The molecule has 9 nitrogen and oxygen atoms in total. The minimum atomic E-state index is -0.730. The summed E-state index contributed by atoms with van der Waals surface area (Å²) in [5.74, 6) is -0.848. The third-order valence-corrected chi connectivity index (χ3v) is 7.07. The third kappa shape index (κ3) is 4.94. The fourth-order valence-electron chi connectivity index (χ4n) is 5.06. The van der Waals surface area contributed by atoms with Crippen molar-refractivity contribution in [2.24, 2.45) is 0 Å². The minimum Gasteiger partial charge on any atom is -0.507 e. The average Bonchev–Trinajstić information content (AvgIpc) is 3.45. The Balaban J connectivity index is 1.54. The first-order valence-electron chi connectivity index (χ1n) is 12.9. The summed E-state index contributed by atoms with van der Waals surface area (Å²) in [5, 5.41) is 16.0. The van der Waals surface area contributed by atoms with E-state index in [-0.39, 0.29) is 11.3 Å². The van der Waals surface area contributed by atoms with Crippen LogP contribution < -0.4 is 4.74 Å². The standard InChI is InChI=1S/C29H32N4O5/c1-3-38-23-11-9-21(10-12-23)26-25(28(35)29(36)32(26)14-13-31-15-17-37-18-16-31)27(34)24-19-30-33(20(24)2)22-7-5-4-6-8-22/h4-12,19,26,34H,3,13-18H2,1-2H3/b27-25+/t26-/m0/s1. The van der Waals surface area contributed by atoms with Crippen LogP contribution in [0.15, 0.2) is 66.4 Å². The number of hydrogen-bond acceptors (Lipinski definition) is 7. The molecule has 2 aliphatic heterocycles. The van der Waals surface area contributed by atoms with Crippen molar-refractivity contribution in [3.05, 3.63) is 83.2 Å². The maximum atomic E-state index is 13.4. The molecule has 3 aromatic rings. The van der Waals surface area contributed by atoms with E-state index < -0.39 is 17.7 Å². The lowest BCUT2D eigenvalue weighted by Gasteiger charge is -2.31. The van der Waals surface area contributed by atoms with Gasteiger partial charge in [-0.2, -0.15) is 5.10 Å². The molecule has 5 rings (SSSR count). The van der Waals surface area contributed by atoms with Gasteiger partial charge in [0.2, 0.25) is 0 Å². The molecule has 38 heavy (non-hydrogen) atoms. The van der Waals surface area contributed by atoms with Crippen LogP contribution >= 0.6 is 0 Å². The predicted octanol–water partition coefficient (Wildman–Crippen LogP) is 3.33. The summed E-state index contributed by atoms with van der Waals surface area (Å²) in [6, 6.07) is 16.1. The second-order valence-corrected chi connectivity index (χ2v) is 9.34. The summed E-state index contributed by atoms with van der Waals surface area (Å²) < 4.78 is 12.7. The van der Waals surface area contributed by atoms with Gasteiger partial charge in [0, 0.05) is 26.2 Å². The van der Waals surface area contributed by atoms with Crippen LogP contribution in [0.1, 0.15) is 29.8 Å². The first kappa shape index (κ1) is 25.7. The number of carbonyl (C=O) groups is 2. The number of ether oxygens (including phenoxy) is 2. The van der Waals surface area contributed by atoms with E-state index in [0.29, 0.717) is 49.9 Å². The lowest BCUT2D eigenvalue weighted by molar-refractivity contribution is -0.140. The zero-order valence-corrected chi connectivity index (χ0v) is 21.7. The molecular weight excluding hydrogens is 484 g/mol. The number of Topliss-reactive ketones (excluding diaryl/α,β-unsaturated/α-hetero) is 1. The van der Waals surface area contributed by atoms with E-state index in [1.807, 2.05) is 68.4 Å². The molecule has 0 aliphatic carbocycles. The zero-order valence-electron chi connectivity index (χ0n) is 21.7. The van der Waals surface area contributed by atoms with Crippen LogP contribution in [0.25, 0.3) is 11.4 Å². The molecule has 9 heteroatoms. The first-order chi connectivity index (χ1) is 18.5. The Morgan fingerprint density at radius 2 is 1.76 bits per heavy atom. The predicted molar refractivity (Wildman–Crippen MR) is 142 cm³/mol. The SMILES string of the molecule is CCOc1ccc([C@H]2/C(=C(\O)c3cnn(-c4ccccc4)c3C)C(=O)C(=O)N2CCN2CCOCC2)cc1. The monoisotopic (exact) mass is 516 g/mol. The van der Waals surface area contributed by atoms with Crippen LogP contribution in [0.3, 0.4) is 0 Å². The van der Waals surface area contributed by atoms with Crippen molar-refractivity contribution in [2.45, 2.75) is 19.9 Å². The van der Waals surface area contributed by atoms with Crippen LogP contribution in [-0.4, -0.2) is 82.4 Å². The Kier molecular flexibility index (Phi) is 7.57. The van der Waals surface area contributed by atoms with Crippen molar-refractivity contribution in [3.63, 3.8) is 0 Å². The average molecular weight is 517 g/mol. The maximum absolute atomic E-state index is 13.4. The fraction of sp³-hybridized carbons (Fsp3) is 0.345. The van der Waals surface area contributed by atoms with Crippen molar-refractivity contribution in [1.82, 2.24) is 19.6 Å². The van der Waals surface area contributed by atoms with E-state index in [4.69, 9.17) is 9.47 Å². The van der Waals surface area contributed by atoms with Gasteiger partial charge in [0.05, 0.1) is 54.6 Å². The molecule has 0 radical (unpaired) electrons. The van der Waals surface area contributed by atoms with Crippen molar-refractivity contribution in [3.8, 4) is 11.4 Å². The fourth-order valence-corrected chi connectivity index (χ4v) is 5.06. The van der Waals surface area contributed by atoms with Crippen molar-refractivity contribution < 1.29 is 24.2 Å². The highest BCUT2D eigenvalue weighted by molar-refractivity contribution is 6.46. The number of ketones is 1. The van der Waals surface area contributed by atoms with Gasteiger partial charge < -0.3 is 19.5 Å². The molecular formula is C29H32N4O5. The van der Waals surface area contributed by atoms with Gasteiger partial charge in [-0.15, -0.1) is 0 Å². The summed E-state index contributed by atoms with van der Waals surface area (Å²) in [5.41, 5.74) is 2.70. The molecule has 1 aromatic heterocycles. The van der Waals surface area contributed by atoms with Gasteiger partial charge in [-0.3, -0.25) is 14.5 Å². The largest absolute Gasteiger partial charge is 0.507 e. The van der Waals surface area contributed by atoms with Gasteiger partial charge in [-0.1, -0.05) is 30.3 Å². The van der Waals surface area contributed by atoms with Gasteiger partial charge in [-0.25, -0.2) is 4.68 Å². The molecule has 2 fully saturated rings. The molecule has 2 saturated heterocycles. The van der Waals surface area contributed by atoms with Gasteiger partial charge in [0.25, 0.3) is 11.7 Å². The molecule has 3 heterocycles. The van der Waals surface area contributed by atoms with E-state index in [2.05, 4.69) is 10.00 Å². The molecule has 1 atom stereocenters. The zero-order chi connectivity index (χ0) is 26.6. The Bertz CT molecular complexity index is 1330. The van der Waals surface area contributed by atoms with Gasteiger partial charge >= 0.3 is 0 Å². The van der Waals surface area contributed by atoms with E-state index in [0.717, 1.165) is 24.3 Å². The van der Waals surface area contributed by atoms with Gasteiger partial charge in [0.15, 0.2) is 0 Å². The van der Waals surface area contributed by atoms with Crippen molar-refractivity contribution in [2.75, 3.05) is 46.0 Å². The smallest absolute Gasteiger partial charge is 0.295 e. The number of rotatable bonds is 8. The summed E-state index contributed by atoms with van der Waals surface area (Å²) in [7, 11) is 0. The topological polar surface area (TPSA) is 97.1 Å². The molecule has 2 aromatic carbocycles. The lowest BCUT2D eigenvalue weighted by atomic mass is 9.95. The Hall–Kier alpha value is -3.95. The molecule has 0 spiro atoms. The van der Waals surface area contributed by atoms with Crippen LogP contribution in [0.5, 0.6) is 5.75 Å². The normalized spacial score (nSPS) is 19.7. The second-order valence-electron chi connectivity index (χ2n) is 9.34. The molecule has 1 N–H and O–H groups in total. The van der Waals surface area contributed by atoms with Crippen LogP contribution in [-0.2, 0) is 14.3 Å². The van der Waals surface area contributed by atoms with E-state index in [1.54, 1.807) is 9.58 Å². The molecule has 0 saturated carbocycles. The molecule has 0 unspecified atom stereocenters. The Morgan fingerprint density at radius 1 is 1.05 bits per heavy atom. The number of aromatic nitrogens is 2.